The molecule has 4 rings (SSSR count). The van der Waals surface area contributed by atoms with Crippen LogP contribution in [-0.2, 0) is 19.5 Å². The van der Waals surface area contributed by atoms with Gasteiger partial charge in [0.05, 0.1) is 6.61 Å². The zero-order valence-corrected chi connectivity index (χ0v) is 20.0. The number of rotatable bonds is 5. The van der Waals surface area contributed by atoms with E-state index in [0.717, 1.165) is 57.2 Å². The van der Waals surface area contributed by atoms with E-state index in [1.165, 1.54) is 29.5 Å². The standard InChI is InChI=1S/C23H31N3O.3ClH/c1-25-11-10-19-6-7-22(14-21(19)15-25)27-17-18-8-12-26(13-9-18)16-20-4-2-3-5-23(20)24;;;/h2-7,14,18H,8-13,15-17,24H2,1H3;3*1H. The Morgan fingerprint density at radius 1 is 0.967 bits per heavy atom. The van der Waals surface area contributed by atoms with Crippen molar-refractivity contribution in [3.63, 3.8) is 0 Å². The van der Waals surface area contributed by atoms with Crippen molar-refractivity contribution in [1.82, 2.24) is 9.80 Å². The van der Waals surface area contributed by atoms with Gasteiger partial charge in [-0.2, -0.15) is 0 Å². The second-order valence-electron chi connectivity index (χ2n) is 8.15. The largest absolute Gasteiger partial charge is 0.493 e. The molecule has 2 aliphatic rings. The van der Waals surface area contributed by atoms with E-state index in [9.17, 15) is 0 Å². The number of para-hydroxylation sites is 1. The van der Waals surface area contributed by atoms with E-state index in [1.807, 2.05) is 12.1 Å². The number of benzene rings is 2. The van der Waals surface area contributed by atoms with Crippen molar-refractivity contribution < 1.29 is 4.74 Å². The number of nitrogens with zero attached hydrogens (tertiary/aromatic N) is 2. The smallest absolute Gasteiger partial charge is 0.119 e. The van der Waals surface area contributed by atoms with Crippen LogP contribution in [0.2, 0.25) is 0 Å². The van der Waals surface area contributed by atoms with Crippen LogP contribution in [-0.4, -0.2) is 43.1 Å². The van der Waals surface area contributed by atoms with Gasteiger partial charge in [-0.15, -0.1) is 37.2 Å². The molecule has 2 aromatic carbocycles. The summed E-state index contributed by atoms with van der Waals surface area (Å²) < 4.78 is 6.16. The number of halogens is 3. The van der Waals surface area contributed by atoms with Gasteiger partial charge in [-0.1, -0.05) is 24.3 Å². The van der Waals surface area contributed by atoms with E-state index in [1.54, 1.807) is 0 Å². The molecule has 2 N–H and O–H groups in total. The topological polar surface area (TPSA) is 41.7 Å². The Bertz CT molecular complexity index is 782. The molecule has 2 heterocycles. The molecule has 0 spiro atoms. The third-order valence-corrected chi connectivity index (χ3v) is 6.02. The van der Waals surface area contributed by atoms with Crippen molar-refractivity contribution in [1.29, 1.82) is 0 Å². The van der Waals surface area contributed by atoms with Crippen LogP contribution in [0.3, 0.4) is 0 Å². The van der Waals surface area contributed by atoms with E-state index in [-0.39, 0.29) is 37.2 Å². The maximum atomic E-state index is 6.16. The lowest BCUT2D eigenvalue weighted by atomic mass is 9.97. The SMILES string of the molecule is CN1CCc2ccc(OCC3CCN(Cc4ccccc4N)CC3)cc2C1.Cl.Cl.Cl. The molecule has 7 heteroatoms. The number of likely N-dealkylation sites (tertiary alicyclic amines) is 1. The first-order valence-electron chi connectivity index (χ1n) is 10.2. The van der Waals surface area contributed by atoms with Crippen molar-refractivity contribution >= 4 is 42.9 Å². The summed E-state index contributed by atoms with van der Waals surface area (Å²) in [6.07, 6.45) is 3.54. The monoisotopic (exact) mass is 473 g/mol. The fourth-order valence-corrected chi connectivity index (χ4v) is 4.21. The Balaban J connectivity index is 0.00000150. The Morgan fingerprint density at radius 3 is 2.43 bits per heavy atom. The number of likely N-dealkylation sites (N-methyl/N-ethyl adjacent to an activating group) is 1. The number of hydrogen-bond acceptors (Lipinski definition) is 4. The Morgan fingerprint density at radius 2 is 1.70 bits per heavy atom. The van der Waals surface area contributed by atoms with Crippen LogP contribution in [0.25, 0.3) is 0 Å². The van der Waals surface area contributed by atoms with Gasteiger partial charge in [-0.05, 0) is 80.2 Å². The Hall–Kier alpha value is -1.17. The van der Waals surface area contributed by atoms with Crippen LogP contribution in [0.15, 0.2) is 42.5 Å². The van der Waals surface area contributed by atoms with Gasteiger partial charge in [-0.3, -0.25) is 4.90 Å². The van der Waals surface area contributed by atoms with Crippen LogP contribution in [0.1, 0.15) is 29.5 Å². The minimum absolute atomic E-state index is 0. The van der Waals surface area contributed by atoms with Gasteiger partial charge in [0, 0.05) is 25.3 Å². The van der Waals surface area contributed by atoms with E-state index in [2.05, 4.69) is 47.2 Å². The minimum atomic E-state index is 0. The summed E-state index contributed by atoms with van der Waals surface area (Å²) in [5.74, 6) is 1.68. The fraction of sp³-hybridized carbons (Fsp3) is 0.478. The third kappa shape index (κ3) is 6.93. The summed E-state index contributed by atoms with van der Waals surface area (Å²) in [6.45, 7) is 6.22. The summed E-state index contributed by atoms with van der Waals surface area (Å²) >= 11 is 0. The maximum Gasteiger partial charge on any atom is 0.119 e. The lowest BCUT2D eigenvalue weighted by Gasteiger charge is -2.32. The molecule has 4 nitrogen and oxygen atoms in total. The lowest BCUT2D eigenvalue weighted by Crippen LogP contribution is -2.35. The molecule has 168 valence electrons. The minimum Gasteiger partial charge on any atom is -0.493 e. The molecule has 0 amide bonds. The van der Waals surface area contributed by atoms with Crippen LogP contribution in [0.4, 0.5) is 5.69 Å². The van der Waals surface area contributed by atoms with Crippen LogP contribution < -0.4 is 10.5 Å². The summed E-state index contributed by atoms with van der Waals surface area (Å²) in [4.78, 5) is 4.89. The zero-order valence-electron chi connectivity index (χ0n) is 17.6. The molecule has 0 atom stereocenters. The van der Waals surface area contributed by atoms with E-state index >= 15 is 0 Å². The predicted octanol–water partition coefficient (Wildman–Crippen LogP) is 4.81. The van der Waals surface area contributed by atoms with E-state index < -0.39 is 0 Å². The first-order chi connectivity index (χ1) is 13.2. The van der Waals surface area contributed by atoms with E-state index in [0.29, 0.717) is 5.92 Å². The summed E-state index contributed by atoms with van der Waals surface area (Å²) in [7, 11) is 2.19. The first kappa shape index (κ1) is 26.9. The van der Waals surface area contributed by atoms with Gasteiger partial charge in [0.2, 0.25) is 0 Å². The van der Waals surface area contributed by atoms with Gasteiger partial charge in [0.15, 0.2) is 0 Å². The average molecular weight is 475 g/mol. The summed E-state index contributed by atoms with van der Waals surface area (Å²) in [6, 6.07) is 14.9. The highest BCUT2D eigenvalue weighted by Gasteiger charge is 2.21. The molecule has 0 bridgehead atoms. The molecular formula is C23H34Cl3N3O. The number of nitrogens with two attached hydrogens (primary N) is 1. The highest BCUT2D eigenvalue weighted by atomic mass is 35.5. The quantitative estimate of drug-likeness (QED) is 0.631. The predicted molar refractivity (Wildman–Crippen MR) is 133 cm³/mol. The van der Waals surface area contributed by atoms with Crippen molar-refractivity contribution in [2.45, 2.75) is 32.4 Å². The number of fused-ring (bicyclic) bond motifs is 1. The summed E-state index contributed by atoms with van der Waals surface area (Å²) in [5.41, 5.74) is 11.1. The summed E-state index contributed by atoms with van der Waals surface area (Å²) in [5, 5.41) is 0. The highest BCUT2D eigenvalue weighted by Crippen LogP contribution is 2.25. The van der Waals surface area contributed by atoms with Gasteiger partial charge in [0.25, 0.3) is 0 Å². The molecule has 0 aliphatic carbocycles. The van der Waals surface area contributed by atoms with Crippen molar-refractivity contribution in [2.75, 3.05) is 39.0 Å². The van der Waals surface area contributed by atoms with Gasteiger partial charge >= 0.3 is 0 Å². The number of nitrogen functional groups attached to an aromatic ring is 1. The third-order valence-electron chi connectivity index (χ3n) is 6.02. The molecular weight excluding hydrogens is 441 g/mol. The van der Waals surface area contributed by atoms with Crippen molar-refractivity contribution in [3.05, 3.63) is 59.2 Å². The average Bonchev–Trinajstić information content (AvgIpc) is 2.69. The normalized spacial score (nSPS) is 17.1. The van der Waals surface area contributed by atoms with Crippen LogP contribution in [0.5, 0.6) is 5.75 Å². The molecule has 0 aromatic heterocycles. The van der Waals surface area contributed by atoms with E-state index in [4.69, 9.17) is 10.5 Å². The second-order valence-corrected chi connectivity index (χ2v) is 8.15. The number of hydrogen-bond donors (Lipinski definition) is 1. The zero-order chi connectivity index (χ0) is 18.6. The molecule has 1 saturated heterocycles. The molecule has 0 unspecified atom stereocenters. The molecule has 1 fully saturated rings. The van der Waals surface area contributed by atoms with Crippen LogP contribution >= 0.6 is 37.2 Å². The van der Waals surface area contributed by atoms with Gasteiger partial charge in [-0.25, -0.2) is 0 Å². The number of ether oxygens (including phenoxy) is 1. The molecule has 30 heavy (non-hydrogen) atoms. The Labute approximate surface area is 199 Å². The lowest BCUT2D eigenvalue weighted by molar-refractivity contribution is 0.137. The van der Waals surface area contributed by atoms with Gasteiger partial charge in [0.1, 0.15) is 5.75 Å². The van der Waals surface area contributed by atoms with Gasteiger partial charge < -0.3 is 15.4 Å². The number of piperidine rings is 1. The molecule has 2 aromatic rings. The Kier molecular flexibility index (Phi) is 11.3. The molecule has 0 radical (unpaired) electrons. The second kappa shape index (κ2) is 12.6. The highest BCUT2D eigenvalue weighted by molar-refractivity contribution is 5.86. The molecule has 2 aliphatic heterocycles. The van der Waals surface area contributed by atoms with Crippen LogP contribution in [0, 0.1) is 5.92 Å². The number of anilines is 1. The maximum absolute atomic E-state index is 6.16. The van der Waals surface area contributed by atoms with Crippen molar-refractivity contribution in [3.8, 4) is 5.75 Å². The molecule has 0 saturated carbocycles. The fourth-order valence-electron chi connectivity index (χ4n) is 4.21. The first-order valence-corrected chi connectivity index (χ1v) is 10.2. The van der Waals surface area contributed by atoms with Crippen molar-refractivity contribution in [2.24, 2.45) is 5.92 Å².